The highest BCUT2D eigenvalue weighted by atomic mass is 32.1. The van der Waals surface area contributed by atoms with Crippen molar-refractivity contribution in [2.45, 2.75) is 18.9 Å². The van der Waals surface area contributed by atoms with Crippen molar-refractivity contribution < 1.29 is 0 Å². The molecule has 7 heteroatoms. The quantitative estimate of drug-likeness (QED) is 0.802. The van der Waals surface area contributed by atoms with Gasteiger partial charge in [-0.1, -0.05) is 0 Å². The number of aromatic nitrogens is 4. The van der Waals surface area contributed by atoms with Gasteiger partial charge in [0.2, 0.25) is 5.95 Å². The summed E-state index contributed by atoms with van der Waals surface area (Å²) in [6, 6.07) is 4.26. The number of hydrogen-bond acceptors (Lipinski definition) is 7. The molecule has 0 aliphatic carbocycles. The topological polar surface area (TPSA) is 66.8 Å². The van der Waals surface area contributed by atoms with Crippen LogP contribution in [0.15, 0.2) is 36.2 Å². The molecule has 0 aromatic carbocycles. The molecule has 0 saturated carbocycles. The van der Waals surface area contributed by atoms with E-state index in [2.05, 4.69) is 41.6 Å². The Morgan fingerprint density at radius 3 is 3.00 bits per heavy atom. The molecule has 112 valence electrons. The molecule has 1 aliphatic rings. The summed E-state index contributed by atoms with van der Waals surface area (Å²) < 4.78 is 0. The minimum atomic E-state index is 0.343. The van der Waals surface area contributed by atoms with Gasteiger partial charge in [-0.15, -0.1) is 11.3 Å². The van der Waals surface area contributed by atoms with Crippen LogP contribution < -0.4 is 10.2 Å². The fourth-order valence-corrected chi connectivity index (χ4v) is 3.56. The molecule has 0 radical (unpaired) electrons. The fraction of sp³-hybridized carbons (Fsp3) is 0.333. The second-order valence-electron chi connectivity index (χ2n) is 5.34. The third kappa shape index (κ3) is 2.59. The van der Waals surface area contributed by atoms with Crippen molar-refractivity contribution in [2.24, 2.45) is 0 Å². The minimum Gasteiger partial charge on any atom is -0.365 e. The van der Waals surface area contributed by atoms with Crippen LogP contribution in [0.25, 0.3) is 10.2 Å². The first-order valence-electron chi connectivity index (χ1n) is 7.37. The zero-order valence-corrected chi connectivity index (χ0v) is 12.8. The van der Waals surface area contributed by atoms with E-state index in [-0.39, 0.29) is 0 Å². The first kappa shape index (κ1) is 13.4. The molecule has 0 spiro atoms. The van der Waals surface area contributed by atoms with Gasteiger partial charge in [0.15, 0.2) is 0 Å². The number of piperidine rings is 1. The molecule has 1 aliphatic heterocycles. The number of fused-ring (bicyclic) bond motifs is 1. The SMILES string of the molecule is c1cnc(N2CCC[C@H](Nc3ncnc4sccc34)C2)nc1. The van der Waals surface area contributed by atoms with Crippen molar-refractivity contribution >= 4 is 33.3 Å². The molecule has 1 saturated heterocycles. The molecule has 0 bridgehead atoms. The molecular formula is C15H16N6S. The van der Waals surface area contributed by atoms with Crippen LogP contribution in [0.4, 0.5) is 11.8 Å². The summed E-state index contributed by atoms with van der Waals surface area (Å²) in [5, 5.41) is 6.72. The third-order valence-corrected chi connectivity index (χ3v) is 4.68. The van der Waals surface area contributed by atoms with E-state index in [1.165, 1.54) is 0 Å². The Bertz CT molecular complexity index is 759. The van der Waals surface area contributed by atoms with E-state index in [0.29, 0.717) is 6.04 Å². The van der Waals surface area contributed by atoms with Crippen molar-refractivity contribution in [3.8, 4) is 0 Å². The van der Waals surface area contributed by atoms with Gasteiger partial charge in [0.05, 0.1) is 5.39 Å². The largest absolute Gasteiger partial charge is 0.365 e. The lowest BCUT2D eigenvalue weighted by molar-refractivity contribution is 0.522. The number of rotatable bonds is 3. The number of nitrogens with zero attached hydrogens (tertiary/aromatic N) is 5. The van der Waals surface area contributed by atoms with Crippen LogP contribution in [0.1, 0.15) is 12.8 Å². The Morgan fingerprint density at radius 2 is 2.09 bits per heavy atom. The molecule has 0 amide bonds. The number of thiophene rings is 1. The lowest BCUT2D eigenvalue weighted by Gasteiger charge is -2.33. The fourth-order valence-electron chi connectivity index (χ4n) is 2.83. The highest BCUT2D eigenvalue weighted by Gasteiger charge is 2.22. The molecule has 1 N–H and O–H groups in total. The summed E-state index contributed by atoms with van der Waals surface area (Å²) in [5.41, 5.74) is 0. The molecule has 1 fully saturated rings. The molecule has 3 aromatic heterocycles. The standard InChI is InChI=1S/C15H16N6S/c1-3-11(9-21(7-1)15-16-5-2-6-17-15)20-13-12-4-8-22-14(12)19-10-18-13/h2,4-6,8,10-11H,1,3,7,9H2,(H,18,19,20)/t11-/m0/s1. The van der Waals surface area contributed by atoms with Crippen molar-refractivity contribution in [2.75, 3.05) is 23.3 Å². The summed E-state index contributed by atoms with van der Waals surface area (Å²) >= 11 is 1.64. The van der Waals surface area contributed by atoms with Crippen LogP contribution in [0.5, 0.6) is 0 Å². The molecule has 1 atom stereocenters. The first-order valence-corrected chi connectivity index (χ1v) is 8.25. The van der Waals surface area contributed by atoms with E-state index in [1.807, 2.05) is 6.07 Å². The van der Waals surface area contributed by atoms with Gasteiger partial charge in [0.1, 0.15) is 17.0 Å². The Morgan fingerprint density at radius 1 is 1.18 bits per heavy atom. The monoisotopic (exact) mass is 312 g/mol. The average molecular weight is 312 g/mol. The second kappa shape index (κ2) is 5.84. The van der Waals surface area contributed by atoms with Gasteiger partial charge in [-0.05, 0) is 30.4 Å². The molecule has 4 rings (SSSR count). The van der Waals surface area contributed by atoms with Crippen molar-refractivity contribution in [3.63, 3.8) is 0 Å². The van der Waals surface area contributed by atoms with Crippen molar-refractivity contribution in [1.29, 1.82) is 0 Å². The lowest BCUT2D eigenvalue weighted by atomic mass is 10.1. The van der Waals surface area contributed by atoms with Gasteiger partial charge >= 0.3 is 0 Å². The first-order chi connectivity index (χ1) is 10.9. The lowest BCUT2D eigenvalue weighted by Crippen LogP contribution is -2.43. The normalized spacial score (nSPS) is 18.5. The van der Waals surface area contributed by atoms with Crippen LogP contribution in [-0.2, 0) is 0 Å². The number of nitrogens with one attached hydrogen (secondary N) is 1. The molecule has 0 unspecified atom stereocenters. The maximum absolute atomic E-state index is 4.41. The van der Waals surface area contributed by atoms with Crippen molar-refractivity contribution in [3.05, 3.63) is 36.2 Å². The molecular weight excluding hydrogens is 296 g/mol. The minimum absolute atomic E-state index is 0.343. The van der Waals surface area contributed by atoms with E-state index in [0.717, 1.165) is 47.9 Å². The summed E-state index contributed by atoms with van der Waals surface area (Å²) in [6.45, 7) is 1.89. The maximum atomic E-state index is 4.41. The summed E-state index contributed by atoms with van der Waals surface area (Å²) in [6.07, 6.45) is 7.45. The highest BCUT2D eigenvalue weighted by Crippen LogP contribution is 2.26. The van der Waals surface area contributed by atoms with Gasteiger partial charge in [0, 0.05) is 31.5 Å². The number of anilines is 2. The van der Waals surface area contributed by atoms with Crippen molar-refractivity contribution in [1.82, 2.24) is 19.9 Å². The van der Waals surface area contributed by atoms with E-state index >= 15 is 0 Å². The van der Waals surface area contributed by atoms with Gasteiger partial charge in [-0.3, -0.25) is 0 Å². The van der Waals surface area contributed by atoms with E-state index < -0.39 is 0 Å². The van der Waals surface area contributed by atoms with Crippen LogP contribution in [0, 0.1) is 0 Å². The van der Waals surface area contributed by atoms with E-state index in [4.69, 9.17) is 0 Å². The van der Waals surface area contributed by atoms with Gasteiger partial charge in [0.25, 0.3) is 0 Å². The zero-order valence-electron chi connectivity index (χ0n) is 12.0. The molecule has 3 aromatic rings. The highest BCUT2D eigenvalue weighted by molar-refractivity contribution is 7.16. The summed E-state index contributed by atoms with van der Waals surface area (Å²) in [7, 11) is 0. The Balaban J connectivity index is 1.52. The van der Waals surface area contributed by atoms with Crippen LogP contribution >= 0.6 is 11.3 Å². The van der Waals surface area contributed by atoms with Gasteiger partial charge in [-0.25, -0.2) is 19.9 Å². The Hall–Kier alpha value is -2.28. The van der Waals surface area contributed by atoms with Crippen LogP contribution in [0.3, 0.4) is 0 Å². The van der Waals surface area contributed by atoms with Gasteiger partial charge < -0.3 is 10.2 Å². The average Bonchev–Trinajstić information content (AvgIpc) is 3.06. The van der Waals surface area contributed by atoms with Crippen LogP contribution in [-0.4, -0.2) is 39.1 Å². The maximum Gasteiger partial charge on any atom is 0.225 e. The molecule has 4 heterocycles. The molecule has 6 nitrogen and oxygen atoms in total. The molecule has 22 heavy (non-hydrogen) atoms. The predicted molar refractivity (Wildman–Crippen MR) is 88.3 cm³/mol. The number of hydrogen-bond donors (Lipinski definition) is 1. The Kier molecular flexibility index (Phi) is 3.56. The zero-order chi connectivity index (χ0) is 14.8. The second-order valence-corrected chi connectivity index (χ2v) is 6.23. The van der Waals surface area contributed by atoms with Gasteiger partial charge in [-0.2, -0.15) is 0 Å². The smallest absolute Gasteiger partial charge is 0.225 e. The van der Waals surface area contributed by atoms with E-state index in [1.54, 1.807) is 30.1 Å². The van der Waals surface area contributed by atoms with E-state index in [9.17, 15) is 0 Å². The summed E-state index contributed by atoms with van der Waals surface area (Å²) in [4.78, 5) is 20.7. The summed E-state index contributed by atoms with van der Waals surface area (Å²) in [5.74, 6) is 1.73. The predicted octanol–water partition coefficient (Wildman–Crippen LogP) is 2.56. The Labute approximate surface area is 132 Å². The van der Waals surface area contributed by atoms with Crippen LogP contribution in [0.2, 0.25) is 0 Å². The third-order valence-electron chi connectivity index (χ3n) is 3.86.